The van der Waals surface area contributed by atoms with Crippen LogP contribution in [0.2, 0.25) is 0 Å². The number of pyridine rings is 1. The summed E-state index contributed by atoms with van der Waals surface area (Å²) in [5, 5.41) is 6.98. The van der Waals surface area contributed by atoms with E-state index < -0.39 is 0 Å². The molecule has 2 bridgehead atoms. The Kier molecular flexibility index (Phi) is 7.52. The molecule has 25 heavy (non-hydrogen) atoms. The van der Waals surface area contributed by atoms with Gasteiger partial charge in [0.2, 0.25) is 0 Å². The molecule has 0 radical (unpaired) electrons. The highest BCUT2D eigenvalue weighted by atomic mass is 16.5. The maximum atomic E-state index is 5.42. The molecule has 1 aromatic heterocycles. The minimum Gasteiger partial charge on any atom is -0.497 e. The van der Waals surface area contributed by atoms with E-state index in [9.17, 15) is 0 Å². The second-order valence-electron chi connectivity index (χ2n) is 6.88. The standard InChI is InChI=1S/C19H31N5O/c1-13-6-14(2)21-10-16(4)23-12-18-8-19(25-5)7-17(24-18)11-22-15(3)9-20-13/h7-8,15-16,22-23H,6,9-12H2,1-5H3/t15-,16-/m0/s1. The van der Waals surface area contributed by atoms with Crippen LogP contribution in [0.15, 0.2) is 22.1 Å². The average Bonchev–Trinajstić information content (AvgIpc) is 2.60. The topological polar surface area (TPSA) is 70.9 Å². The predicted octanol–water partition coefficient (Wildman–Crippen LogP) is 2.37. The second-order valence-corrected chi connectivity index (χ2v) is 6.88. The van der Waals surface area contributed by atoms with Gasteiger partial charge in [-0.1, -0.05) is 0 Å². The summed E-state index contributed by atoms with van der Waals surface area (Å²) >= 11 is 0. The van der Waals surface area contributed by atoms with E-state index in [1.165, 1.54) is 0 Å². The highest BCUT2D eigenvalue weighted by Gasteiger charge is 2.08. The summed E-state index contributed by atoms with van der Waals surface area (Å²) in [4.78, 5) is 14.1. The average molecular weight is 345 g/mol. The van der Waals surface area contributed by atoms with Gasteiger partial charge in [0, 0.05) is 55.2 Å². The number of hydrogen-bond donors (Lipinski definition) is 2. The molecule has 0 unspecified atom stereocenters. The molecule has 2 heterocycles. The summed E-state index contributed by atoms with van der Waals surface area (Å²) in [5.41, 5.74) is 4.23. The molecule has 1 aliphatic heterocycles. The summed E-state index contributed by atoms with van der Waals surface area (Å²) in [6, 6.07) is 4.54. The Morgan fingerprint density at radius 3 is 1.84 bits per heavy atom. The number of aromatic nitrogens is 1. The number of methoxy groups -OCH3 is 1. The highest BCUT2D eigenvalue weighted by molar-refractivity contribution is 6.02. The van der Waals surface area contributed by atoms with Gasteiger partial charge in [-0.05, 0) is 27.7 Å². The van der Waals surface area contributed by atoms with Gasteiger partial charge in [-0.3, -0.25) is 15.0 Å². The zero-order chi connectivity index (χ0) is 18.2. The van der Waals surface area contributed by atoms with Gasteiger partial charge in [0.1, 0.15) is 5.75 Å². The van der Waals surface area contributed by atoms with Crippen LogP contribution < -0.4 is 15.4 Å². The normalized spacial score (nSPS) is 23.6. The quantitative estimate of drug-likeness (QED) is 0.820. The first kappa shape index (κ1) is 19.5. The lowest BCUT2D eigenvalue weighted by atomic mass is 10.2. The molecule has 1 aliphatic rings. The summed E-state index contributed by atoms with van der Waals surface area (Å²) in [5.74, 6) is 0.841. The van der Waals surface area contributed by atoms with Crippen molar-refractivity contribution in [1.29, 1.82) is 0 Å². The van der Waals surface area contributed by atoms with Crippen LogP contribution in [0.25, 0.3) is 0 Å². The molecule has 1 aromatic rings. The predicted molar refractivity (Wildman–Crippen MR) is 104 cm³/mol. The third-order valence-corrected chi connectivity index (χ3v) is 4.19. The molecule has 0 aromatic carbocycles. The maximum Gasteiger partial charge on any atom is 0.122 e. The fraction of sp³-hybridized carbons (Fsp3) is 0.632. The Hall–Kier alpha value is -1.79. The third kappa shape index (κ3) is 6.92. The van der Waals surface area contributed by atoms with Crippen molar-refractivity contribution in [2.24, 2.45) is 9.98 Å². The highest BCUT2D eigenvalue weighted by Crippen LogP contribution is 2.14. The Balaban J connectivity index is 2.19. The maximum absolute atomic E-state index is 5.42. The van der Waals surface area contributed by atoms with Crippen LogP contribution >= 0.6 is 0 Å². The van der Waals surface area contributed by atoms with Crippen molar-refractivity contribution in [3.8, 4) is 5.75 Å². The Morgan fingerprint density at radius 2 is 1.40 bits per heavy atom. The van der Waals surface area contributed by atoms with E-state index in [1.54, 1.807) is 7.11 Å². The lowest BCUT2D eigenvalue weighted by Crippen LogP contribution is -2.30. The van der Waals surface area contributed by atoms with Gasteiger partial charge in [0.25, 0.3) is 0 Å². The molecule has 2 atom stereocenters. The molecule has 6 nitrogen and oxygen atoms in total. The first-order chi connectivity index (χ1) is 12.0. The Labute approximate surface area is 151 Å². The first-order valence-corrected chi connectivity index (χ1v) is 8.96. The van der Waals surface area contributed by atoms with E-state index in [2.05, 4.69) is 48.3 Å². The smallest absolute Gasteiger partial charge is 0.122 e. The second kappa shape index (κ2) is 9.63. The summed E-state index contributed by atoms with van der Waals surface area (Å²) in [6.45, 7) is 11.4. The summed E-state index contributed by atoms with van der Waals surface area (Å²) in [7, 11) is 1.69. The van der Waals surface area contributed by atoms with Crippen molar-refractivity contribution < 1.29 is 4.74 Å². The minimum absolute atomic E-state index is 0.287. The Bertz CT molecular complexity index is 578. The number of fused-ring (bicyclic) bond motifs is 2. The fourth-order valence-electron chi connectivity index (χ4n) is 2.67. The number of hydrogen-bond acceptors (Lipinski definition) is 6. The van der Waals surface area contributed by atoms with Crippen molar-refractivity contribution in [3.63, 3.8) is 0 Å². The van der Waals surface area contributed by atoms with Gasteiger partial charge in [-0.15, -0.1) is 0 Å². The largest absolute Gasteiger partial charge is 0.497 e. The van der Waals surface area contributed by atoms with E-state index in [1.807, 2.05) is 12.1 Å². The van der Waals surface area contributed by atoms with Crippen LogP contribution in [0.1, 0.15) is 45.5 Å². The van der Waals surface area contributed by atoms with Gasteiger partial charge in [-0.25, -0.2) is 0 Å². The van der Waals surface area contributed by atoms with E-state index in [4.69, 9.17) is 9.72 Å². The van der Waals surface area contributed by atoms with Crippen molar-refractivity contribution in [2.75, 3.05) is 20.2 Å². The van der Waals surface area contributed by atoms with Crippen LogP contribution in [-0.4, -0.2) is 48.7 Å². The first-order valence-electron chi connectivity index (χ1n) is 8.96. The number of nitrogens with one attached hydrogen (secondary N) is 2. The van der Waals surface area contributed by atoms with E-state index >= 15 is 0 Å². The van der Waals surface area contributed by atoms with E-state index in [-0.39, 0.29) is 12.1 Å². The lowest BCUT2D eigenvalue weighted by Gasteiger charge is -2.16. The van der Waals surface area contributed by atoms with Crippen LogP contribution in [0.3, 0.4) is 0 Å². The zero-order valence-corrected chi connectivity index (χ0v) is 16.1. The monoisotopic (exact) mass is 345 g/mol. The van der Waals surface area contributed by atoms with E-state index in [0.717, 1.165) is 48.1 Å². The Morgan fingerprint density at radius 1 is 0.920 bits per heavy atom. The number of rotatable bonds is 1. The van der Waals surface area contributed by atoms with Gasteiger partial charge in [-0.2, -0.15) is 0 Å². The molecule has 138 valence electrons. The SMILES string of the molecule is COc1cc2nc(c1)CN[C@@H](C)CN=C(C)CC(C)=NC[C@H](C)NC2. The molecule has 0 spiro atoms. The fourth-order valence-corrected chi connectivity index (χ4v) is 2.67. The van der Waals surface area contributed by atoms with Crippen LogP contribution in [0.4, 0.5) is 0 Å². The van der Waals surface area contributed by atoms with Gasteiger partial charge in [0.05, 0.1) is 31.6 Å². The molecule has 0 saturated heterocycles. The molecular formula is C19H31N5O. The molecule has 0 aliphatic carbocycles. The van der Waals surface area contributed by atoms with Crippen LogP contribution in [0, 0.1) is 0 Å². The molecule has 0 fully saturated rings. The molecule has 2 rings (SSSR count). The minimum atomic E-state index is 0.287. The van der Waals surface area contributed by atoms with Crippen LogP contribution in [-0.2, 0) is 13.1 Å². The molecule has 0 amide bonds. The molecular weight excluding hydrogens is 314 g/mol. The van der Waals surface area contributed by atoms with Crippen molar-refractivity contribution in [3.05, 3.63) is 23.5 Å². The number of ether oxygens (including phenoxy) is 1. The zero-order valence-electron chi connectivity index (χ0n) is 16.1. The lowest BCUT2D eigenvalue weighted by molar-refractivity contribution is 0.411. The van der Waals surface area contributed by atoms with Crippen LogP contribution in [0.5, 0.6) is 5.75 Å². The summed E-state index contributed by atoms with van der Waals surface area (Å²) < 4.78 is 5.42. The van der Waals surface area contributed by atoms with Gasteiger partial charge >= 0.3 is 0 Å². The summed E-state index contributed by atoms with van der Waals surface area (Å²) in [6.07, 6.45) is 0.844. The number of aliphatic imine (C=N–C) groups is 2. The van der Waals surface area contributed by atoms with E-state index in [0.29, 0.717) is 13.1 Å². The van der Waals surface area contributed by atoms with Crippen molar-refractivity contribution in [1.82, 2.24) is 15.6 Å². The van der Waals surface area contributed by atoms with Crippen molar-refractivity contribution >= 4 is 11.4 Å². The number of nitrogens with zero attached hydrogens (tertiary/aromatic N) is 3. The van der Waals surface area contributed by atoms with Crippen molar-refractivity contribution in [2.45, 2.75) is 59.3 Å². The van der Waals surface area contributed by atoms with Gasteiger partial charge in [0.15, 0.2) is 0 Å². The van der Waals surface area contributed by atoms with Gasteiger partial charge < -0.3 is 15.4 Å². The molecule has 2 N–H and O–H groups in total. The molecule has 6 heteroatoms. The third-order valence-electron chi connectivity index (χ3n) is 4.19. The molecule has 0 saturated carbocycles.